The molecule has 1 fully saturated rings. The van der Waals surface area contributed by atoms with Gasteiger partial charge in [0.2, 0.25) is 5.95 Å². The Morgan fingerprint density at radius 3 is 2.28 bits per heavy atom. The van der Waals surface area contributed by atoms with Gasteiger partial charge in [-0.3, -0.25) is 0 Å². The maximum atomic E-state index is 6.20. The molecule has 0 radical (unpaired) electrons. The van der Waals surface area contributed by atoms with Crippen molar-refractivity contribution in [2.24, 2.45) is 0 Å². The minimum absolute atomic E-state index is 0.250. The Morgan fingerprint density at radius 2 is 1.72 bits per heavy atom. The highest BCUT2D eigenvalue weighted by Crippen LogP contribution is 2.43. The average Bonchev–Trinajstić information content (AvgIpc) is 3.41. The zero-order valence-corrected chi connectivity index (χ0v) is 15.3. The Kier molecular flexibility index (Phi) is 4.70. The summed E-state index contributed by atoms with van der Waals surface area (Å²) in [6.07, 6.45) is 2.92. The van der Waals surface area contributed by atoms with Crippen molar-refractivity contribution in [3.63, 3.8) is 0 Å². The Morgan fingerprint density at radius 1 is 1.08 bits per heavy atom. The minimum Gasteiger partial charge on any atom is -0.493 e. The second-order valence-electron chi connectivity index (χ2n) is 6.84. The van der Waals surface area contributed by atoms with E-state index in [4.69, 9.17) is 20.9 Å². The van der Waals surface area contributed by atoms with Gasteiger partial charge in [-0.05, 0) is 42.0 Å². The molecule has 0 atom stereocenters. The molecule has 0 unspecified atom stereocenters. The summed E-state index contributed by atoms with van der Waals surface area (Å²) < 4.78 is 10.9. The van der Waals surface area contributed by atoms with E-state index in [-0.39, 0.29) is 5.95 Å². The number of nitrogens with zero attached hydrogens (tertiary/aromatic N) is 2. The van der Waals surface area contributed by atoms with Gasteiger partial charge >= 0.3 is 0 Å². The van der Waals surface area contributed by atoms with Gasteiger partial charge in [0.1, 0.15) is 5.82 Å². The number of hydrogen-bond acceptors (Lipinski definition) is 6. The molecular formula is C19H26N4O2. The van der Waals surface area contributed by atoms with Crippen LogP contribution in [0.15, 0.2) is 12.1 Å². The Hall–Kier alpha value is -2.50. The smallest absolute Gasteiger partial charge is 0.222 e. The van der Waals surface area contributed by atoms with Crippen LogP contribution in [0.5, 0.6) is 11.5 Å². The van der Waals surface area contributed by atoms with E-state index < -0.39 is 0 Å². The van der Waals surface area contributed by atoms with Crippen LogP contribution >= 0.6 is 0 Å². The number of benzene rings is 1. The summed E-state index contributed by atoms with van der Waals surface area (Å²) in [6, 6.07) is 4.07. The van der Waals surface area contributed by atoms with Crippen LogP contribution in [0, 0.1) is 0 Å². The van der Waals surface area contributed by atoms with Crippen LogP contribution in [0.3, 0.4) is 0 Å². The topological polar surface area (TPSA) is 96.3 Å². The molecule has 4 N–H and O–H groups in total. The number of aromatic nitrogens is 2. The number of rotatable bonds is 6. The first-order valence-electron chi connectivity index (χ1n) is 8.61. The highest BCUT2D eigenvalue weighted by molar-refractivity contribution is 5.54. The van der Waals surface area contributed by atoms with Gasteiger partial charge in [0.15, 0.2) is 11.5 Å². The van der Waals surface area contributed by atoms with E-state index >= 15 is 0 Å². The molecule has 2 aromatic rings. The molecule has 0 amide bonds. The normalized spacial score (nSPS) is 14.0. The predicted molar refractivity (Wildman–Crippen MR) is 99.3 cm³/mol. The first-order valence-corrected chi connectivity index (χ1v) is 8.61. The largest absolute Gasteiger partial charge is 0.493 e. The third-order valence-corrected chi connectivity index (χ3v) is 4.69. The second-order valence-corrected chi connectivity index (χ2v) is 6.84. The van der Waals surface area contributed by atoms with E-state index in [1.165, 1.54) is 5.56 Å². The Balaban J connectivity index is 2.09. The molecule has 1 saturated carbocycles. The van der Waals surface area contributed by atoms with Crippen LogP contribution in [0.1, 0.15) is 60.9 Å². The average molecular weight is 342 g/mol. The van der Waals surface area contributed by atoms with Gasteiger partial charge < -0.3 is 20.9 Å². The van der Waals surface area contributed by atoms with Crippen LogP contribution in [0.25, 0.3) is 0 Å². The number of ether oxygens (including phenoxy) is 2. The van der Waals surface area contributed by atoms with Crippen LogP contribution in [-0.2, 0) is 6.42 Å². The first kappa shape index (κ1) is 17.3. The van der Waals surface area contributed by atoms with Crippen molar-refractivity contribution in [3.05, 3.63) is 34.5 Å². The highest BCUT2D eigenvalue weighted by atomic mass is 16.5. The molecule has 1 heterocycles. The number of anilines is 2. The molecule has 0 saturated heterocycles. The van der Waals surface area contributed by atoms with Gasteiger partial charge in [0, 0.05) is 17.9 Å². The number of methoxy groups -OCH3 is 2. The van der Waals surface area contributed by atoms with Crippen molar-refractivity contribution in [1.29, 1.82) is 0 Å². The molecule has 25 heavy (non-hydrogen) atoms. The molecule has 3 rings (SSSR count). The van der Waals surface area contributed by atoms with E-state index in [0.29, 0.717) is 29.8 Å². The number of hydrogen-bond donors (Lipinski definition) is 2. The summed E-state index contributed by atoms with van der Waals surface area (Å²) in [5, 5.41) is 0. The summed E-state index contributed by atoms with van der Waals surface area (Å²) in [7, 11) is 3.30. The van der Waals surface area contributed by atoms with Gasteiger partial charge in [-0.1, -0.05) is 13.8 Å². The van der Waals surface area contributed by atoms with Gasteiger partial charge in [0.05, 0.1) is 19.9 Å². The molecule has 134 valence electrons. The lowest BCUT2D eigenvalue weighted by molar-refractivity contribution is 0.354. The molecule has 0 bridgehead atoms. The fourth-order valence-corrected chi connectivity index (χ4v) is 3.23. The molecule has 0 spiro atoms. The summed E-state index contributed by atoms with van der Waals surface area (Å²) >= 11 is 0. The predicted octanol–water partition coefficient (Wildman–Crippen LogP) is 3.25. The van der Waals surface area contributed by atoms with Gasteiger partial charge in [-0.2, -0.15) is 4.98 Å². The van der Waals surface area contributed by atoms with Crippen LogP contribution in [-0.4, -0.2) is 24.2 Å². The summed E-state index contributed by atoms with van der Waals surface area (Å²) in [4.78, 5) is 8.65. The van der Waals surface area contributed by atoms with Crippen LogP contribution in [0.2, 0.25) is 0 Å². The van der Waals surface area contributed by atoms with Gasteiger partial charge in [-0.25, -0.2) is 4.98 Å². The van der Waals surface area contributed by atoms with Crippen molar-refractivity contribution >= 4 is 11.8 Å². The molecule has 1 aliphatic rings. The van der Waals surface area contributed by atoms with E-state index in [9.17, 15) is 0 Å². The zero-order chi connectivity index (χ0) is 18.1. The highest BCUT2D eigenvalue weighted by Gasteiger charge is 2.30. The summed E-state index contributed by atoms with van der Waals surface area (Å²) in [6.45, 7) is 4.32. The van der Waals surface area contributed by atoms with E-state index in [2.05, 4.69) is 23.8 Å². The fraction of sp³-hybridized carbons (Fsp3) is 0.474. The van der Waals surface area contributed by atoms with E-state index in [1.54, 1.807) is 14.2 Å². The quantitative estimate of drug-likeness (QED) is 0.836. The first-order chi connectivity index (χ1) is 11.9. The maximum absolute atomic E-state index is 6.20. The molecule has 1 aliphatic carbocycles. The Labute approximate surface area is 148 Å². The fourth-order valence-electron chi connectivity index (χ4n) is 3.23. The van der Waals surface area contributed by atoms with Gasteiger partial charge in [0.25, 0.3) is 0 Å². The molecule has 6 heteroatoms. The summed E-state index contributed by atoms with van der Waals surface area (Å²) in [5.74, 6) is 2.96. The molecule has 1 aromatic heterocycles. The molecule has 0 aliphatic heterocycles. The Bertz CT molecular complexity index is 785. The van der Waals surface area contributed by atoms with E-state index in [1.807, 2.05) is 12.1 Å². The van der Waals surface area contributed by atoms with Crippen LogP contribution < -0.4 is 20.9 Å². The number of nitrogen functional groups attached to an aromatic ring is 2. The third-order valence-electron chi connectivity index (χ3n) is 4.69. The lowest BCUT2D eigenvalue weighted by atomic mass is 9.91. The maximum Gasteiger partial charge on any atom is 0.222 e. The van der Waals surface area contributed by atoms with Gasteiger partial charge in [-0.15, -0.1) is 0 Å². The van der Waals surface area contributed by atoms with Crippen molar-refractivity contribution in [3.8, 4) is 11.5 Å². The second kappa shape index (κ2) is 6.78. The molecular weight excluding hydrogens is 316 g/mol. The SMILES string of the molecule is COc1cc(Cc2c(N)nc(N)nc2C2CC2)c(C(C)C)cc1OC. The van der Waals surface area contributed by atoms with Crippen molar-refractivity contribution < 1.29 is 9.47 Å². The monoisotopic (exact) mass is 342 g/mol. The van der Waals surface area contributed by atoms with Crippen molar-refractivity contribution in [1.82, 2.24) is 9.97 Å². The lowest BCUT2D eigenvalue weighted by Gasteiger charge is -2.19. The lowest BCUT2D eigenvalue weighted by Crippen LogP contribution is -2.10. The van der Waals surface area contributed by atoms with Crippen molar-refractivity contribution in [2.75, 3.05) is 25.7 Å². The zero-order valence-electron chi connectivity index (χ0n) is 15.3. The van der Waals surface area contributed by atoms with Crippen LogP contribution in [0.4, 0.5) is 11.8 Å². The summed E-state index contributed by atoms with van der Waals surface area (Å²) in [5.41, 5.74) is 16.3. The molecule has 6 nitrogen and oxygen atoms in total. The minimum atomic E-state index is 0.250. The number of nitrogens with two attached hydrogens (primary N) is 2. The van der Waals surface area contributed by atoms with Crippen molar-refractivity contribution in [2.45, 2.75) is 44.9 Å². The molecule has 1 aromatic carbocycles. The third kappa shape index (κ3) is 3.48. The van der Waals surface area contributed by atoms with E-state index in [0.717, 1.165) is 35.4 Å². The standard InChI is InChI=1S/C19H26N4O2/c1-10(2)13-9-16(25-4)15(24-3)8-12(13)7-14-17(11-5-6-11)22-19(21)23-18(14)20/h8-11H,5-7H2,1-4H3,(H4,20,21,22,23).